The highest BCUT2D eigenvalue weighted by atomic mass is 32.1. The molecule has 4 heterocycles. The lowest BCUT2D eigenvalue weighted by molar-refractivity contribution is -0.126. The van der Waals surface area contributed by atoms with Crippen molar-refractivity contribution in [2.24, 2.45) is 0 Å². The van der Waals surface area contributed by atoms with Crippen LogP contribution < -0.4 is 5.32 Å². The minimum Gasteiger partial charge on any atom is -0.376 e. The molecule has 0 radical (unpaired) electrons. The van der Waals surface area contributed by atoms with Gasteiger partial charge in [-0.15, -0.1) is 11.3 Å². The Morgan fingerprint density at radius 1 is 1.24 bits per heavy atom. The zero-order valence-corrected chi connectivity index (χ0v) is 19.6. The van der Waals surface area contributed by atoms with E-state index in [9.17, 15) is 13.6 Å². The summed E-state index contributed by atoms with van der Waals surface area (Å²) in [5.74, 6) is -1.40. The number of hydrogen-bond acceptors (Lipinski definition) is 6. The molecule has 2 aliphatic rings. The molecule has 2 aliphatic heterocycles. The van der Waals surface area contributed by atoms with Crippen LogP contribution in [-0.2, 0) is 16.8 Å². The van der Waals surface area contributed by atoms with E-state index in [2.05, 4.69) is 10.3 Å². The summed E-state index contributed by atoms with van der Waals surface area (Å²) in [6, 6.07) is 3.94. The van der Waals surface area contributed by atoms with Gasteiger partial charge in [0.2, 0.25) is 5.95 Å². The van der Waals surface area contributed by atoms with Gasteiger partial charge >= 0.3 is 0 Å². The van der Waals surface area contributed by atoms with Crippen LogP contribution in [0.15, 0.2) is 24.4 Å². The molecule has 1 fully saturated rings. The molecule has 5 rings (SSSR count). The topological polar surface area (TPSA) is 67.4 Å². The quantitative estimate of drug-likeness (QED) is 0.580. The summed E-state index contributed by atoms with van der Waals surface area (Å²) < 4.78 is 32.7. The number of fused-ring (bicyclic) bond motifs is 2. The van der Waals surface area contributed by atoms with Crippen molar-refractivity contribution in [3.05, 3.63) is 63.2 Å². The molecule has 3 aromatic rings. The zero-order chi connectivity index (χ0) is 23.5. The molecule has 33 heavy (non-hydrogen) atoms. The number of carbonyl (C=O) groups excluding carboxylic acids is 1. The van der Waals surface area contributed by atoms with Crippen LogP contribution in [0, 0.1) is 25.5 Å². The van der Waals surface area contributed by atoms with Gasteiger partial charge in [-0.3, -0.25) is 4.79 Å². The lowest BCUT2D eigenvalue weighted by atomic mass is 9.94. The SMILES string of the molecule is Cc1cnc(NC(C)C)nc1-c1sc2c(c1C)C(=O)N(Cc1ccc(F)c(F)c1)C21COC1. The van der Waals surface area contributed by atoms with Gasteiger partial charge in [-0.2, -0.15) is 0 Å². The molecule has 1 N–H and O–H groups in total. The van der Waals surface area contributed by atoms with E-state index in [0.717, 1.165) is 38.7 Å². The van der Waals surface area contributed by atoms with E-state index in [1.807, 2.05) is 27.7 Å². The van der Waals surface area contributed by atoms with Gasteiger partial charge in [0.15, 0.2) is 11.6 Å². The second kappa shape index (κ2) is 7.85. The molecule has 0 atom stereocenters. The van der Waals surface area contributed by atoms with Gasteiger partial charge < -0.3 is 15.0 Å². The van der Waals surface area contributed by atoms with E-state index < -0.39 is 17.2 Å². The van der Waals surface area contributed by atoms with Gasteiger partial charge in [-0.05, 0) is 56.5 Å². The summed E-state index contributed by atoms with van der Waals surface area (Å²) in [5, 5.41) is 3.23. The minimum absolute atomic E-state index is 0.120. The number of amides is 1. The van der Waals surface area contributed by atoms with Crippen LogP contribution in [0.3, 0.4) is 0 Å². The number of carbonyl (C=O) groups is 1. The summed E-state index contributed by atoms with van der Waals surface area (Å²) in [6.45, 7) is 8.87. The lowest BCUT2D eigenvalue weighted by Crippen LogP contribution is -2.56. The Labute approximate surface area is 194 Å². The third-order valence-corrected chi connectivity index (χ3v) is 7.65. The lowest BCUT2D eigenvalue weighted by Gasteiger charge is -2.45. The number of nitrogens with zero attached hydrogens (tertiary/aromatic N) is 3. The number of aromatic nitrogens is 2. The Bertz CT molecular complexity index is 1270. The highest BCUT2D eigenvalue weighted by molar-refractivity contribution is 7.16. The summed E-state index contributed by atoms with van der Waals surface area (Å²) in [6.07, 6.45) is 1.79. The van der Waals surface area contributed by atoms with Crippen molar-refractivity contribution in [2.45, 2.75) is 45.8 Å². The summed E-state index contributed by atoms with van der Waals surface area (Å²) in [4.78, 5) is 26.3. The minimum atomic E-state index is -0.920. The van der Waals surface area contributed by atoms with Crippen molar-refractivity contribution in [2.75, 3.05) is 18.5 Å². The van der Waals surface area contributed by atoms with E-state index in [1.165, 1.54) is 6.07 Å². The standard InChI is InChI=1S/C24H24F2N4O2S/c1-12(2)28-23-27-8-13(3)19(29-23)20-14(4)18-21(33-20)24(10-32-11-24)30(22(18)31)9-15-5-6-16(25)17(26)7-15/h5-8,12H,9-11H2,1-4H3,(H,27,28,29). The number of hydrogen-bond donors (Lipinski definition) is 1. The highest BCUT2D eigenvalue weighted by Crippen LogP contribution is 2.52. The molecule has 6 nitrogen and oxygen atoms in total. The number of halogens is 2. The number of thiophene rings is 1. The number of benzene rings is 1. The van der Waals surface area contributed by atoms with Crippen molar-refractivity contribution < 1.29 is 18.3 Å². The molecule has 0 unspecified atom stereocenters. The molecule has 1 aromatic carbocycles. The van der Waals surface area contributed by atoms with E-state index >= 15 is 0 Å². The summed E-state index contributed by atoms with van der Waals surface area (Å²) >= 11 is 1.56. The molecule has 172 valence electrons. The van der Waals surface area contributed by atoms with Crippen LogP contribution in [0.25, 0.3) is 10.6 Å². The fourth-order valence-corrected chi connectivity index (χ4v) is 5.93. The summed E-state index contributed by atoms with van der Waals surface area (Å²) in [5.41, 5.74) is 3.22. The zero-order valence-electron chi connectivity index (χ0n) is 18.8. The van der Waals surface area contributed by atoms with Crippen LogP contribution in [0.4, 0.5) is 14.7 Å². The fraction of sp³-hybridized carbons (Fsp3) is 0.375. The molecular weight excluding hydrogens is 446 g/mol. The van der Waals surface area contributed by atoms with Crippen molar-refractivity contribution >= 4 is 23.2 Å². The van der Waals surface area contributed by atoms with Gasteiger partial charge in [0.05, 0.1) is 29.3 Å². The van der Waals surface area contributed by atoms with Crippen molar-refractivity contribution in [1.29, 1.82) is 0 Å². The van der Waals surface area contributed by atoms with Crippen molar-refractivity contribution in [1.82, 2.24) is 14.9 Å². The Balaban J connectivity index is 1.55. The van der Waals surface area contributed by atoms with Crippen LogP contribution in [-0.4, -0.2) is 40.0 Å². The van der Waals surface area contributed by atoms with E-state index in [-0.39, 0.29) is 18.5 Å². The normalized spacial score (nSPS) is 16.5. The second-order valence-electron chi connectivity index (χ2n) is 8.95. The first kappa shape index (κ1) is 21.9. The smallest absolute Gasteiger partial charge is 0.256 e. The van der Waals surface area contributed by atoms with Crippen LogP contribution in [0.2, 0.25) is 0 Å². The Hall–Kier alpha value is -2.91. The Morgan fingerprint density at radius 3 is 2.64 bits per heavy atom. The van der Waals surface area contributed by atoms with Crippen LogP contribution in [0.5, 0.6) is 0 Å². The van der Waals surface area contributed by atoms with Gasteiger partial charge in [0, 0.05) is 23.7 Å². The predicted octanol–water partition coefficient (Wildman–Crippen LogP) is 4.80. The molecule has 1 amide bonds. The molecule has 1 saturated heterocycles. The first-order valence-electron chi connectivity index (χ1n) is 10.8. The van der Waals surface area contributed by atoms with Crippen molar-refractivity contribution in [3.63, 3.8) is 0 Å². The predicted molar refractivity (Wildman–Crippen MR) is 122 cm³/mol. The largest absolute Gasteiger partial charge is 0.376 e. The van der Waals surface area contributed by atoms with Gasteiger partial charge in [-0.1, -0.05) is 6.07 Å². The molecule has 0 aliphatic carbocycles. The third-order valence-electron chi connectivity index (χ3n) is 6.16. The Morgan fingerprint density at radius 2 is 2.00 bits per heavy atom. The average Bonchev–Trinajstić information content (AvgIpc) is 3.18. The molecule has 9 heteroatoms. The summed E-state index contributed by atoms with van der Waals surface area (Å²) in [7, 11) is 0. The number of aryl methyl sites for hydroxylation is 1. The molecule has 2 aromatic heterocycles. The maximum Gasteiger partial charge on any atom is 0.256 e. The first-order chi connectivity index (χ1) is 15.7. The van der Waals surface area contributed by atoms with E-state index in [4.69, 9.17) is 9.72 Å². The molecule has 0 bridgehead atoms. The van der Waals surface area contributed by atoms with Gasteiger partial charge in [-0.25, -0.2) is 18.7 Å². The van der Waals surface area contributed by atoms with E-state index in [1.54, 1.807) is 22.4 Å². The number of ether oxygens (including phenoxy) is 1. The van der Waals surface area contributed by atoms with Gasteiger partial charge in [0.25, 0.3) is 5.91 Å². The molecule has 0 saturated carbocycles. The second-order valence-corrected chi connectivity index (χ2v) is 9.97. The van der Waals surface area contributed by atoms with Crippen LogP contribution >= 0.6 is 11.3 Å². The number of rotatable bonds is 5. The van der Waals surface area contributed by atoms with Gasteiger partial charge in [0.1, 0.15) is 5.54 Å². The first-order valence-corrected chi connectivity index (χ1v) is 11.6. The number of anilines is 1. The monoisotopic (exact) mass is 470 g/mol. The third kappa shape index (κ3) is 3.41. The maximum atomic E-state index is 13.8. The van der Waals surface area contributed by atoms with Crippen molar-refractivity contribution in [3.8, 4) is 10.6 Å². The highest BCUT2D eigenvalue weighted by Gasteiger charge is 2.57. The molecule has 1 spiro atoms. The molecular formula is C24H24F2N4O2S. The van der Waals surface area contributed by atoms with E-state index in [0.29, 0.717) is 30.3 Å². The van der Waals surface area contributed by atoms with Crippen LogP contribution in [0.1, 0.15) is 45.8 Å². The number of nitrogens with one attached hydrogen (secondary N) is 1. The fourth-order valence-electron chi connectivity index (χ4n) is 4.40. The average molecular weight is 471 g/mol. The maximum absolute atomic E-state index is 13.8. The Kier molecular flexibility index (Phi) is 5.21.